The van der Waals surface area contributed by atoms with Crippen LogP contribution >= 0.6 is 23.2 Å². The van der Waals surface area contributed by atoms with E-state index < -0.39 is 23.4 Å². The lowest BCUT2D eigenvalue weighted by Crippen LogP contribution is -2.50. The fourth-order valence-electron chi connectivity index (χ4n) is 4.19. The molecule has 0 spiro atoms. The average Bonchev–Trinajstić information content (AvgIpc) is 3.21. The summed E-state index contributed by atoms with van der Waals surface area (Å²) < 4.78 is 45.5. The maximum atomic E-state index is 13.3. The van der Waals surface area contributed by atoms with Gasteiger partial charge in [0.1, 0.15) is 17.1 Å². The Bertz CT molecular complexity index is 1230. The van der Waals surface area contributed by atoms with Crippen molar-refractivity contribution in [2.45, 2.75) is 18.6 Å². The van der Waals surface area contributed by atoms with Crippen molar-refractivity contribution >= 4 is 35.1 Å². The lowest BCUT2D eigenvalue weighted by molar-refractivity contribution is -0.137. The van der Waals surface area contributed by atoms with E-state index in [1.807, 2.05) is 0 Å². The topological polar surface area (TPSA) is 62.1 Å². The van der Waals surface area contributed by atoms with Crippen molar-refractivity contribution in [3.63, 3.8) is 0 Å². The third kappa shape index (κ3) is 4.56. The second-order valence-electron chi connectivity index (χ2n) is 7.77. The van der Waals surface area contributed by atoms with E-state index in [2.05, 4.69) is 4.99 Å². The van der Waals surface area contributed by atoms with Crippen molar-refractivity contribution in [2.24, 2.45) is 4.99 Å². The van der Waals surface area contributed by atoms with Crippen molar-refractivity contribution in [3.05, 3.63) is 99.0 Å². The van der Waals surface area contributed by atoms with Crippen LogP contribution in [0.4, 0.5) is 18.0 Å². The molecule has 0 aromatic heterocycles. The Kier molecular flexibility index (Phi) is 6.71. The van der Waals surface area contributed by atoms with Gasteiger partial charge in [0.2, 0.25) is 0 Å². The van der Waals surface area contributed by atoms with Gasteiger partial charge in [-0.3, -0.25) is 4.99 Å². The molecule has 0 saturated carbocycles. The second kappa shape index (κ2) is 9.43. The number of amidine groups is 1. The highest BCUT2D eigenvalue weighted by molar-refractivity contribution is 6.30. The normalized spacial score (nSPS) is 15.1. The average molecular weight is 523 g/mol. The van der Waals surface area contributed by atoms with Crippen molar-refractivity contribution in [1.82, 2.24) is 4.90 Å². The highest BCUT2D eigenvalue weighted by atomic mass is 35.5. The predicted molar refractivity (Wildman–Crippen MR) is 128 cm³/mol. The zero-order valence-corrected chi connectivity index (χ0v) is 19.8. The Morgan fingerprint density at radius 2 is 1.57 bits per heavy atom. The van der Waals surface area contributed by atoms with Crippen LogP contribution in [0, 0.1) is 0 Å². The summed E-state index contributed by atoms with van der Waals surface area (Å²) in [5, 5.41) is 11.3. The van der Waals surface area contributed by atoms with Gasteiger partial charge in [0.25, 0.3) is 0 Å². The van der Waals surface area contributed by atoms with Crippen molar-refractivity contribution < 1.29 is 27.8 Å². The molecule has 1 N–H and O–H groups in total. The van der Waals surface area contributed by atoms with Gasteiger partial charge in [-0.1, -0.05) is 47.5 Å². The minimum Gasteiger partial charge on any atom is -0.493 e. The Balaban J connectivity index is 1.93. The molecule has 1 amide bonds. The van der Waals surface area contributed by atoms with E-state index in [1.165, 1.54) is 6.07 Å². The van der Waals surface area contributed by atoms with E-state index in [1.54, 1.807) is 55.5 Å². The first-order valence-corrected chi connectivity index (χ1v) is 11.3. The summed E-state index contributed by atoms with van der Waals surface area (Å²) in [6.45, 7) is 1.68. The van der Waals surface area contributed by atoms with Crippen LogP contribution in [0.25, 0.3) is 0 Å². The number of rotatable bonds is 5. The van der Waals surface area contributed by atoms with Crippen LogP contribution in [0.3, 0.4) is 0 Å². The number of halogens is 5. The molecular weight excluding hydrogens is 504 g/mol. The monoisotopic (exact) mass is 522 g/mol. The zero-order valence-electron chi connectivity index (χ0n) is 18.3. The van der Waals surface area contributed by atoms with Crippen LogP contribution < -0.4 is 4.74 Å². The maximum absolute atomic E-state index is 13.3. The van der Waals surface area contributed by atoms with Gasteiger partial charge >= 0.3 is 12.3 Å². The molecule has 0 radical (unpaired) electrons. The Morgan fingerprint density at radius 3 is 2.03 bits per heavy atom. The summed E-state index contributed by atoms with van der Waals surface area (Å²) >= 11 is 12.2. The van der Waals surface area contributed by atoms with Gasteiger partial charge in [-0.15, -0.1) is 0 Å². The Labute approximate surface area is 209 Å². The Hall–Kier alpha value is -3.23. The molecule has 5 nitrogen and oxygen atoms in total. The van der Waals surface area contributed by atoms with Crippen LogP contribution in [-0.2, 0) is 11.7 Å². The van der Waals surface area contributed by atoms with Crippen molar-refractivity contribution in [1.29, 1.82) is 0 Å². The molecule has 1 aliphatic heterocycles. The molecule has 1 heterocycles. The summed E-state index contributed by atoms with van der Waals surface area (Å²) in [5.41, 5.74) is -0.938. The summed E-state index contributed by atoms with van der Waals surface area (Å²) in [6.07, 6.45) is -5.93. The largest absolute Gasteiger partial charge is 0.493 e. The van der Waals surface area contributed by atoms with Gasteiger partial charge in [-0.05, 0) is 60.5 Å². The molecule has 182 valence electrons. The zero-order chi connectivity index (χ0) is 25.4. The van der Waals surface area contributed by atoms with E-state index in [0.29, 0.717) is 21.2 Å². The van der Waals surface area contributed by atoms with Gasteiger partial charge in [0, 0.05) is 10.0 Å². The quantitative estimate of drug-likeness (QED) is 0.388. The molecule has 0 unspecified atom stereocenters. The van der Waals surface area contributed by atoms with Crippen molar-refractivity contribution in [2.75, 3.05) is 13.2 Å². The van der Waals surface area contributed by atoms with E-state index in [-0.39, 0.29) is 30.3 Å². The standard InChI is InChI=1S/C25H19Cl2F3N2O3/c1-2-35-21-13-17(25(28,29)30)7-12-20(21)22-31-14-24(32(22)23(33)34,15-3-8-18(26)9-4-15)16-5-10-19(27)11-6-16/h3-13H,2,14H2,1H3,(H,33,34). The van der Waals surface area contributed by atoms with E-state index in [4.69, 9.17) is 27.9 Å². The van der Waals surface area contributed by atoms with Crippen LogP contribution in [0.5, 0.6) is 5.75 Å². The SMILES string of the molecule is CCOc1cc(C(F)(F)F)ccc1C1=NCC(c2ccc(Cl)cc2)(c2ccc(Cl)cc2)N1C(=O)O. The third-order valence-electron chi connectivity index (χ3n) is 5.74. The van der Waals surface area contributed by atoms with E-state index in [0.717, 1.165) is 17.0 Å². The number of carboxylic acid groups (broad SMARTS) is 1. The molecule has 0 aliphatic carbocycles. The molecule has 3 aromatic carbocycles. The highest BCUT2D eigenvalue weighted by Crippen LogP contribution is 2.44. The number of nitrogens with zero attached hydrogens (tertiary/aromatic N) is 2. The number of alkyl halides is 3. The molecule has 1 aliphatic rings. The molecule has 3 aromatic rings. The minimum absolute atomic E-state index is 0.0233. The Morgan fingerprint density at radius 1 is 1.03 bits per heavy atom. The molecule has 0 fully saturated rings. The first-order chi connectivity index (χ1) is 16.6. The third-order valence-corrected chi connectivity index (χ3v) is 6.24. The van der Waals surface area contributed by atoms with Gasteiger partial charge in [-0.25, -0.2) is 9.69 Å². The molecule has 4 rings (SSSR count). The first-order valence-electron chi connectivity index (χ1n) is 10.5. The van der Waals surface area contributed by atoms with Crippen LogP contribution in [-0.4, -0.2) is 35.1 Å². The highest BCUT2D eigenvalue weighted by Gasteiger charge is 2.50. The predicted octanol–water partition coefficient (Wildman–Crippen LogP) is 7.09. The van der Waals surface area contributed by atoms with Crippen LogP contribution in [0.2, 0.25) is 10.0 Å². The maximum Gasteiger partial charge on any atom is 0.416 e. The summed E-state index contributed by atoms with van der Waals surface area (Å²) in [7, 11) is 0. The van der Waals surface area contributed by atoms with Gasteiger partial charge in [-0.2, -0.15) is 13.2 Å². The van der Waals surface area contributed by atoms with E-state index >= 15 is 0 Å². The van der Waals surface area contributed by atoms with Crippen LogP contribution in [0.15, 0.2) is 71.7 Å². The van der Waals surface area contributed by atoms with Crippen LogP contribution in [0.1, 0.15) is 29.2 Å². The summed E-state index contributed by atoms with van der Waals surface area (Å²) in [4.78, 5) is 18.3. The molecule has 35 heavy (non-hydrogen) atoms. The fraction of sp³-hybridized carbons (Fsp3) is 0.200. The first kappa shape index (κ1) is 24.9. The minimum atomic E-state index is -4.59. The lowest BCUT2D eigenvalue weighted by Gasteiger charge is -2.38. The number of benzene rings is 3. The summed E-state index contributed by atoms with van der Waals surface area (Å²) in [6, 6.07) is 16.2. The molecule has 0 atom stereocenters. The molecular formula is C25H19Cl2F3N2O3. The molecule has 10 heteroatoms. The molecule has 0 bridgehead atoms. The number of amides is 1. The number of carbonyl (C=O) groups is 1. The van der Waals surface area contributed by atoms with Gasteiger partial charge in [0.05, 0.1) is 24.3 Å². The van der Waals surface area contributed by atoms with Gasteiger partial charge < -0.3 is 9.84 Å². The van der Waals surface area contributed by atoms with Gasteiger partial charge in [0.15, 0.2) is 0 Å². The van der Waals surface area contributed by atoms with Crippen molar-refractivity contribution in [3.8, 4) is 5.75 Å². The number of hydrogen-bond acceptors (Lipinski definition) is 3. The number of hydrogen-bond donors (Lipinski definition) is 1. The fourth-order valence-corrected chi connectivity index (χ4v) is 4.44. The van der Waals surface area contributed by atoms with E-state index in [9.17, 15) is 23.1 Å². The summed E-state index contributed by atoms with van der Waals surface area (Å²) in [5.74, 6) is -0.144. The lowest BCUT2D eigenvalue weighted by atomic mass is 9.82. The second-order valence-corrected chi connectivity index (χ2v) is 8.65. The molecule has 0 saturated heterocycles. The smallest absolute Gasteiger partial charge is 0.416 e. The number of ether oxygens (including phenoxy) is 1. The number of aliphatic imine (C=N–C) groups is 1.